The monoisotopic (exact) mass is 192 g/mol. The molecule has 2 N–H and O–H groups in total. The van der Waals surface area contributed by atoms with Crippen molar-refractivity contribution in [3.63, 3.8) is 0 Å². The summed E-state index contributed by atoms with van der Waals surface area (Å²) in [5.74, 6) is 0. The first kappa shape index (κ1) is 11.2. The molecule has 0 aromatic heterocycles. The molecule has 2 heteroatoms. The zero-order valence-electron chi connectivity index (χ0n) is 9.27. The minimum atomic E-state index is 0.228. The molecule has 0 aliphatic heterocycles. The van der Waals surface area contributed by atoms with Crippen molar-refractivity contribution >= 4 is 0 Å². The van der Waals surface area contributed by atoms with Crippen LogP contribution in [0.15, 0.2) is 30.3 Å². The molecule has 0 saturated heterocycles. The minimum Gasteiger partial charge on any atom is -0.327 e. The summed E-state index contributed by atoms with van der Waals surface area (Å²) in [5.41, 5.74) is 7.11. The highest BCUT2D eigenvalue weighted by atomic mass is 15.1. The fourth-order valence-electron chi connectivity index (χ4n) is 1.60. The third kappa shape index (κ3) is 3.13. The summed E-state index contributed by atoms with van der Waals surface area (Å²) in [6, 6.07) is 11.2. The Morgan fingerprint density at radius 1 is 1.21 bits per heavy atom. The lowest BCUT2D eigenvalue weighted by Gasteiger charge is -2.26. The Balaban J connectivity index is 2.61. The third-order valence-corrected chi connectivity index (χ3v) is 2.52. The van der Waals surface area contributed by atoms with Gasteiger partial charge in [0.1, 0.15) is 0 Å². The van der Waals surface area contributed by atoms with Crippen LogP contribution in [0.4, 0.5) is 0 Å². The van der Waals surface area contributed by atoms with Crippen LogP contribution in [0.5, 0.6) is 0 Å². The lowest BCUT2D eigenvalue weighted by atomic mass is 10.1. The maximum Gasteiger partial charge on any atom is 0.0317 e. The molecule has 78 valence electrons. The molecule has 2 atom stereocenters. The molecule has 0 spiro atoms. The van der Waals surface area contributed by atoms with Gasteiger partial charge in [-0.3, -0.25) is 4.90 Å². The third-order valence-electron chi connectivity index (χ3n) is 2.52. The van der Waals surface area contributed by atoms with E-state index in [0.29, 0.717) is 6.04 Å². The summed E-state index contributed by atoms with van der Waals surface area (Å²) in [6.07, 6.45) is 0. The van der Waals surface area contributed by atoms with Crippen LogP contribution in [0.2, 0.25) is 0 Å². The molecule has 0 fully saturated rings. The Morgan fingerprint density at radius 3 is 2.29 bits per heavy atom. The van der Waals surface area contributed by atoms with Crippen LogP contribution in [0, 0.1) is 0 Å². The number of likely N-dealkylation sites (N-methyl/N-ethyl adjacent to an activating group) is 1. The van der Waals surface area contributed by atoms with E-state index in [1.807, 2.05) is 13.0 Å². The fourth-order valence-corrected chi connectivity index (χ4v) is 1.60. The highest BCUT2D eigenvalue weighted by Gasteiger charge is 2.11. The van der Waals surface area contributed by atoms with Crippen LogP contribution >= 0.6 is 0 Å². The molecule has 2 nitrogen and oxygen atoms in total. The van der Waals surface area contributed by atoms with E-state index in [2.05, 4.69) is 43.1 Å². The van der Waals surface area contributed by atoms with Crippen LogP contribution in [-0.2, 0) is 0 Å². The summed E-state index contributed by atoms with van der Waals surface area (Å²) in [5, 5.41) is 0. The second-order valence-electron chi connectivity index (χ2n) is 4.00. The van der Waals surface area contributed by atoms with Gasteiger partial charge in [0.25, 0.3) is 0 Å². The van der Waals surface area contributed by atoms with Crippen LogP contribution < -0.4 is 5.73 Å². The van der Waals surface area contributed by atoms with E-state index in [1.54, 1.807) is 0 Å². The summed E-state index contributed by atoms with van der Waals surface area (Å²) in [7, 11) is 2.11. The van der Waals surface area contributed by atoms with Gasteiger partial charge in [0.15, 0.2) is 0 Å². The van der Waals surface area contributed by atoms with Gasteiger partial charge in [-0.2, -0.15) is 0 Å². The first-order valence-corrected chi connectivity index (χ1v) is 5.12. The lowest BCUT2D eigenvalue weighted by Crippen LogP contribution is -2.34. The molecule has 0 bridgehead atoms. The Labute approximate surface area is 86.7 Å². The Morgan fingerprint density at radius 2 is 1.79 bits per heavy atom. The first-order valence-electron chi connectivity index (χ1n) is 5.12. The first-order chi connectivity index (χ1) is 6.61. The summed E-state index contributed by atoms with van der Waals surface area (Å²) >= 11 is 0. The van der Waals surface area contributed by atoms with E-state index in [4.69, 9.17) is 5.73 Å². The highest BCUT2D eigenvalue weighted by Crippen LogP contribution is 2.17. The maximum atomic E-state index is 5.77. The van der Waals surface area contributed by atoms with E-state index in [0.717, 1.165) is 6.54 Å². The second kappa shape index (κ2) is 5.13. The van der Waals surface area contributed by atoms with Crippen LogP contribution in [0.1, 0.15) is 25.5 Å². The topological polar surface area (TPSA) is 29.3 Å². The number of nitrogens with two attached hydrogens (primary N) is 1. The van der Waals surface area contributed by atoms with Gasteiger partial charge >= 0.3 is 0 Å². The number of benzene rings is 1. The molecule has 0 aliphatic carbocycles. The Hall–Kier alpha value is -0.860. The fraction of sp³-hybridized carbons (Fsp3) is 0.500. The van der Waals surface area contributed by atoms with Crippen molar-refractivity contribution in [2.75, 3.05) is 13.6 Å². The largest absolute Gasteiger partial charge is 0.327 e. The molecule has 0 amide bonds. The van der Waals surface area contributed by atoms with Gasteiger partial charge in [-0.25, -0.2) is 0 Å². The predicted octanol–water partition coefficient (Wildman–Crippen LogP) is 2.03. The number of hydrogen-bond donors (Lipinski definition) is 1. The number of hydrogen-bond acceptors (Lipinski definition) is 2. The van der Waals surface area contributed by atoms with Crippen molar-refractivity contribution in [3.05, 3.63) is 35.9 Å². The van der Waals surface area contributed by atoms with Crippen molar-refractivity contribution in [1.29, 1.82) is 0 Å². The van der Waals surface area contributed by atoms with Gasteiger partial charge in [0, 0.05) is 18.6 Å². The summed E-state index contributed by atoms with van der Waals surface area (Å²) < 4.78 is 0. The molecule has 14 heavy (non-hydrogen) atoms. The van der Waals surface area contributed by atoms with Crippen molar-refractivity contribution in [2.45, 2.75) is 25.9 Å². The quantitative estimate of drug-likeness (QED) is 0.791. The molecule has 1 aromatic rings. The van der Waals surface area contributed by atoms with Crippen LogP contribution in [0.25, 0.3) is 0 Å². The molecular weight excluding hydrogens is 172 g/mol. The van der Waals surface area contributed by atoms with Gasteiger partial charge in [-0.15, -0.1) is 0 Å². The zero-order valence-corrected chi connectivity index (χ0v) is 9.27. The molecule has 0 radical (unpaired) electrons. The number of nitrogens with zero attached hydrogens (tertiary/aromatic N) is 1. The van der Waals surface area contributed by atoms with Gasteiger partial charge in [-0.1, -0.05) is 30.3 Å². The van der Waals surface area contributed by atoms with Gasteiger partial charge in [-0.05, 0) is 26.5 Å². The molecule has 0 saturated carbocycles. The van der Waals surface area contributed by atoms with Gasteiger partial charge in [0.05, 0.1) is 0 Å². The summed E-state index contributed by atoms with van der Waals surface area (Å²) in [4.78, 5) is 2.28. The van der Waals surface area contributed by atoms with E-state index < -0.39 is 0 Å². The molecule has 1 rings (SSSR count). The molecule has 0 aliphatic rings. The van der Waals surface area contributed by atoms with Gasteiger partial charge < -0.3 is 5.73 Å². The minimum absolute atomic E-state index is 0.228. The van der Waals surface area contributed by atoms with Crippen LogP contribution in [-0.4, -0.2) is 24.5 Å². The highest BCUT2D eigenvalue weighted by molar-refractivity contribution is 5.18. The second-order valence-corrected chi connectivity index (χ2v) is 4.00. The standard InChI is InChI=1S/C12H20N2/c1-10(13)9-14(3)11(2)12-7-5-4-6-8-12/h4-8,10-11H,9,13H2,1-3H3. The SMILES string of the molecule is CC(N)CN(C)C(C)c1ccccc1. The maximum absolute atomic E-state index is 5.77. The van der Waals surface area contributed by atoms with Crippen molar-refractivity contribution in [2.24, 2.45) is 5.73 Å². The van der Waals surface area contributed by atoms with Gasteiger partial charge in [0.2, 0.25) is 0 Å². The molecule has 0 heterocycles. The van der Waals surface area contributed by atoms with E-state index in [9.17, 15) is 0 Å². The zero-order chi connectivity index (χ0) is 10.6. The molecule has 2 unspecified atom stereocenters. The van der Waals surface area contributed by atoms with E-state index in [-0.39, 0.29) is 6.04 Å². The molecule has 1 aromatic carbocycles. The van der Waals surface area contributed by atoms with Crippen LogP contribution in [0.3, 0.4) is 0 Å². The van der Waals surface area contributed by atoms with Crippen molar-refractivity contribution in [1.82, 2.24) is 4.90 Å². The van der Waals surface area contributed by atoms with E-state index in [1.165, 1.54) is 5.56 Å². The van der Waals surface area contributed by atoms with Crippen molar-refractivity contribution < 1.29 is 0 Å². The average Bonchev–Trinajstić information content (AvgIpc) is 2.17. The smallest absolute Gasteiger partial charge is 0.0317 e. The summed E-state index contributed by atoms with van der Waals surface area (Å²) in [6.45, 7) is 5.17. The Kier molecular flexibility index (Phi) is 4.11. The predicted molar refractivity (Wildman–Crippen MR) is 61.1 cm³/mol. The average molecular weight is 192 g/mol. The Bertz CT molecular complexity index is 256. The lowest BCUT2D eigenvalue weighted by molar-refractivity contribution is 0.249. The number of rotatable bonds is 4. The van der Waals surface area contributed by atoms with Crippen molar-refractivity contribution in [3.8, 4) is 0 Å². The normalized spacial score (nSPS) is 15.5. The van der Waals surface area contributed by atoms with E-state index >= 15 is 0 Å². The molecular formula is C12H20N2.